The second kappa shape index (κ2) is 4.65. The molecule has 3 heteroatoms. The minimum Gasteiger partial charge on any atom is -0.357 e. The van der Waals surface area contributed by atoms with Crippen LogP contribution in [-0.4, -0.2) is 29.7 Å². The Morgan fingerprint density at radius 2 is 2.29 bits per heavy atom. The normalized spacial score (nSPS) is 30.1. The molecule has 0 saturated carbocycles. The van der Waals surface area contributed by atoms with Crippen LogP contribution in [0.4, 0.5) is 0 Å². The minimum absolute atomic E-state index is 0.791. The first-order valence-electron chi connectivity index (χ1n) is 6.73. The summed E-state index contributed by atoms with van der Waals surface area (Å²) in [4.78, 5) is 2.54. The number of piperidine rings is 3. The number of aryl methyl sites for hydroxylation is 1. The lowest BCUT2D eigenvalue weighted by Crippen LogP contribution is -2.42. The minimum atomic E-state index is 0.791. The van der Waals surface area contributed by atoms with Crippen LogP contribution in [0.2, 0.25) is 0 Å². The Morgan fingerprint density at radius 3 is 2.94 bits per heavy atom. The Bertz CT molecular complexity index is 414. The first-order valence-corrected chi connectivity index (χ1v) is 6.73. The molecule has 3 aliphatic rings. The Morgan fingerprint density at radius 1 is 1.47 bits per heavy atom. The van der Waals surface area contributed by atoms with Crippen molar-refractivity contribution in [2.75, 3.05) is 19.6 Å². The summed E-state index contributed by atoms with van der Waals surface area (Å²) in [5, 5.41) is 4.10. The number of aromatic nitrogens is 1. The molecule has 3 saturated heterocycles. The fourth-order valence-corrected chi connectivity index (χ4v) is 2.97. The molecule has 0 aromatic carbocycles. The fourth-order valence-electron chi connectivity index (χ4n) is 2.97. The molecule has 0 unspecified atom stereocenters. The molecule has 3 fully saturated rings. The molecular formula is C14H20N2O. The summed E-state index contributed by atoms with van der Waals surface area (Å²) in [7, 11) is 0. The Kier molecular flexibility index (Phi) is 3.02. The largest absolute Gasteiger partial charge is 0.357 e. The van der Waals surface area contributed by atoms with Crippen LogP contribution in [0, 0.1) is 5.92 Å². The summed E-state index contributed by atoms with van der Waals surface area (Å²) in [6.45, 7) is 5.85. The van der Waals surface area contributed by atoms with E-state index in [2.05, 4.69) is 29.1 Å². The Balaban J connectivity index is 1.76. The van der Waals surface area contributed by atoms with Gasteiger partial charge in [-0.25, -0.2) is 0 Å². The molecule has 2 bridgehead atoms. The number of rotatable bonds is 3. The van der Waals surface area contributed by atoms with Gasteiger partial charge in [-0.3, -0.25) is 4.90 Å². The maximum absolute atomic E-state index is 5.38. The van der Waals surface area contributed by atoms with Crippen LogP contribution in [0.3, 0.4) is 0 Å². The maximum atomic E-state index is 5.38. The quantitative estimate of drug-likeness (QED) is 0.802. The van der Waals surface area contributed by atoms with E-state index in [0.717, 1.165) is 36.8 Å². The van der Waals surface area contributed by atoms with E-state index in [1.807, 2.05) is 0 Å². The highest BCUT2D eigenvalue weighted by Gasteiger charge is 2.29. The molecule has 0 aliphatic carbocycles. The summed E-state index contributed by atoms with van der Waals surface area (Å²) in [5.74, 6) is 1.73. The van der Waals surface area contributed by atoms with E-state index in [0.29, 0.717) is 0 Å². The second-order valence-electron chi connectivity index (χ2n) is 5.24. The van der Waals surface area contributed by atoms with E-state index >= 15 is 0 Å². The van der Waals surface area contributed by atoms with Gasteiger partial charge in [0.2, 0.25) is 0 Å². The molecule has 0 N–H and O–H groups in total. The molecule has 0 radical (unpaired) electrons. The van der Waals surface area contributed by atoms with Crippen LogP contribution < -0.4 is 0 Å². The van der Waals surface area contributed by atoms with E-state index in [1.54, 1.807) is 5.57 Å². The zero-order valence-corrected chi connectivity index (χ0v) is 10.5. The monoisotopic (exact) mass is 232 g/mol. The van der Waals surface area contributed by atoms with Crippen molar-refractivity contribution < 1.29 is 4.52 Å². The van der Waals surface area contributed by atoms with Crippen LogP contribution in [-0.2, 0) is 6.42 Å². The molecule has 1 aromatic heterocycles. The average molecular weight is 232 g/mol. The van der Waals surface area contributed by atoms with Gasteiger partial charge < -0.3 is 4.52 Å². The van der Waals surface area contributed by atoms with E-state index in [9.17, 15) is 0 Å². The van der Waals surface area contributed by atoms with Crippen molar-refractivity contribution in [3.8, 4) is 0 Å². The van der Waals surface area contributed by atoms with Crippen molar-refractivity contribution in [3.63, 3.8) is 0 Å². The number of nitrogens with zero attached hydrogens (tertiary/aromatic N) is 2. The maximum Gasteiger partial charge on any atom is 0.159 e. The van der Waals surface area contributed by atoms with Crippen LogP contribution in [0.15, 0.2) is 16.2 Å². The van der Waals surface area contributed by atoms with Gasteiger partial charge in [-0.1, -0.05) is 18.5 Å². The van der Waals surface area contributed by atoms with Gasteiger partial charge in [-0.05, 0) is 49.9 Å². The van der Waals surface area contributed by atoms with Gasteiger partial charge in [0.1, 0.15) is 0 Å². The molecule has 3 nitrogen and oxygen atoms in total. The summed E-state index contributed by atoms with van der Waals surface area (Å²) in [5.41, 5.74) is 2.63. The highest BCUT2D eigenvalue weighted by molar-refractivity contribution is 5.49. The molecule has 4 rings (SSSR count). The topological polar surface area (TPSA) is 29.3 Å². The highest BCUT2D eigenvalue weighted by atomic mass is 16.5. The summed E-state index contributed by atoms with van der Waals surface area (Å²) in [6.07, 6.45) is 7.01. The van der Waals surface area contributed by atoms with E-state index in [4.69, 9.17) is 4.52 Å². The van der Waals surface area contributed by atoms with Gasteiger partial charge in [0, 0.05) is 12.6 Å². The van der Waals surface area contributed by atoms with E-state index < -0.39 is 0 Å². The van der Waals surface area contributed by atoms with Crippen molar-refractivity contribution >= 4 is 6.08 Å². The lowest BCUT2D eigenvalue weighted by Gasteiger charge is -2.40. The smallest absolute Gasteiger partial charge is 0.159 e. The van der Waals surface area contributed by atoms with Crippen molar-refractivity contribution in [3.05, 3.63) is 23.1 Å². The van der Waals surface area contributed by atoms with Gasteiger partial charge >= 0.3 is 0 Å². The number of hydrogen-bond donors (Lipinski definition) is 0. The predicted molar refractivity (Wildman–Crippen MR) is 67.6 cm³/mol. The van der Waals surface area contributed by atoms with E-state index in [-0.39, 0.29) is 0 Å². The number of hydrogen-bond acceptors (Lipinski definition) is 3. The summed E-state index contributed by atoms with van der Waals surface area (Å²) >= 11 is 0. The second-order valence-corrected chi connectivity index (χ2v) is 5.24. The van der Waals surface area contributed by atoms with E-state index in [1.165, 1.54) is 25.9 Å². The Hall–Kier alpha value is -1.09. The van der Waals surface area contributed by atoms with Crippen molar-refractivity contribution in [1.29, 1.82) is 0 Å². The average Bonchev–Trinajstić information content (AvgIpc) is 2.79. The third-order valence-corrected chi connectivity index (χ3v) is 3.93. The molecule has 0 amide bonds. The summed E-state index contributed by atoms with van der Waals surface area (Å²) in [6, 6.07) is 2.09. The zero-order chi connectivity index (χ0) is 11.7. The van der Waals surface area contributed by atoms with Gasteiger partial charge in [-0.2, -0.15) is 0 Å². The molecule has 92 valence electrons. The first kappa shape index (κ1) is 11.0. The third kappa shape index (κ3) is 2.29. The third-order valence-electron chi connectivity index (χ3n) is 3.93. The van der Waals surface area contributed by atoms with Crippen LogP contribution >= 0.6 is 0 Å². The van der Waals surface area contributed by atoms with Crippen LogP contribution in [0.5, 0.6) is 0 Å². The molecular weight excluding hydrogens is 212 g/mol. The molecule has 0 atom stereocenters. The lowest BCUT2D eigenvalue weighted by atomic mass is 9.83. The van der Waals surface area contributed by atoms with Gasteiger partial charge in [0.25, 0.3) is 0 Å². The van der Waals surface area contributed by atoms with Crippen molar-refractivity contribution in [1.82, 2.24) is 10.1 Å². The van der Waals surface area contributed by atoms with Crippen LogP contribution in [0.25, 0.3) is 6.08 Å². The van der Waals surface area contributed by atoms with Crippen molar-refractivity contribution in [2.45, 2.75) is 32.6 Å². The fraction of sp³-hybridized carbons (Fsp3) is 0.643. The van der Waals surface area contributed by atoms with Gasteiger partial charge in [0.15, 0.2) is 5.76 Å². The van der Waals surface area contributed by atoms with Crippen LogP contribution in [0.1, 0.15) is 37.6 Å². The van der Waals surface area contributed by atoms with Crippen molar-refractivity contribution in [2.24, 2.45) is 5.92 Å². The Labute approximate surface area is 102 Å². The molecule has 0 spiro atoms. The number of fused-ring (bicyclic) bond motifs is 3. The zero-order valence-electron chi connectivity index (χ0n) is 10.5. The highest BCUT2D eigenvalue weighted by Crippen LogP contribution is 2.32. The molecule has 17 heavy (non-hydrogen) atoms. The molecule has 1 aromatic rings. The van der Waals surface area contributed by atoms with Gasteiger partial charge in [0.05, 0.1) is 5.69 Å². The SMILES string of the molecule is CCCc1cc(/C=C2/CN3CCC2CC3)on1. The predicted octanol–water partition coefficient (Wildman–Crippen LogP) is 2.74. The molecule has 3 aliphatic heterocycles. The first-order chi connectivity index (χ1) is 8.35. The standard InChI is InChI=1S/C14H20N2O/c1-2-3-13-9-14(17-15-13)8-12-10-16-6-4-11(12)5-7-16/h8-9,11H,2-7,10H2,1H3/b12-8-. The lowest BCUT2D eigenvalue weighted by molar-refractivity contribution is 0.163. The molecule has 4 heterocycles. The van der Waals surface area contributed by atoms with Gasteiger partial charge in [-0.15, -0.1) is 0 Å². The summed E-state index contributed by atoms with van der Waals surface area (Å²) < 4.78 is 5.38.